The van der Waals surface area contributed by atoms with E-state index in [9.17, 15) is 10.2 Å². The number of aliphatic hydroxyl groups is 2. The van der Waals surface area contributed by atoms with Gasteiger partial charge >= 0.3 is 0 Å². The molecule has 138 valence electrons. The molecule has 2 aliphatic rings. The highest BCUT2D eigenvalue weighted by Crippen LogP contribution is 2.32. The normalized spacial score (nSPS) is 25.0. The van der Waals surface area contributed by atoms with Crippen LogP contribution in [0.3, 0.4) is 0 Å². The molecule has 7 nitrogen and oxygen atoms in total. The van der Waals surface area contributed by atoms with E-state index in [-0.39, 0.29) is 12.1 Å². The van der Waals surface area contributed by atoms with Gasteiger partial charge in [-0.3, -0.25) is 5.32 Å². The van der Waals surface area contributed by atoms with Gasteiger partial charge in [-0.1, -0.05) is 25.0 Å². The minimum absolute atomic E-state index is 0.0343. The number of hydrogen-bond acceptors (Lipinski definition) is 7. The fraction of sp³-hybridized carbons (Fsp3) is 0.474. The van der Waals surface area contributed by atoms with Crippen LogP contribution in [0.15, 0.2) is 24.3 Å². The Kier molecular flexibility index (Phi) is 4.76. The van der Waals surface area contributed by atoms with Crippen molar-refractivity contribution in [2.75, 3.05) is 10.6 Å². The van der Waals surface area contributed by atoms with E-state index in [1.165, 1.54) is 0 Å². The second kappa shape index (κ2) is 7.19. The van der Waals surface area contributed by atoms with Crippen molar-refractivity contribution in [1.82, 2.24) is 15.3 Å². The molecule has 1 aromatic heterocycles. The maximum atomic E-state index is 10.3. The second-order valence-electron chi connectivity index (χ2n) is 7.14. The number of hydrogen-bond donors (Lipinski definition) is 5. The number of aromatic nitrogens is 2. The Balaban J connectivity index is 1.64. The lowest BCUT2D eigenvalue weighted by Gasteiger charge is -2.28. The van der Waals surface area contributed by atoms with E-state index < -0.39 is 6.23 Å². The molecule has 1 fully saturated rings. The highest BCUT2D eigenvalue weighted by Gasteiger charge is 2.29. The summed E-state index contributed by atoms with van der Waals surface area (Å²) in [6, 6.07) is 7.97. The van der Waals surface area contributed by atoms with Crippen LogP contribution in [0.4, 0.5) is 17.5 Å². The molecule has 0 bridgehead atoms. The van der Waals surface area contributed by atoms with Crippen molar-refractivity contribution in [3.05, 3.63) is 41.1 Å². The summed E-state index contributed by atoms with van der Waals surface area (Å²) >= 11 is 0. The Bertz CT molecular complexity index is 797. The van der Waals surface area contributed by atoms with Crippen LogP contribution in [0.5, 0.6) is 0 Å². The molecule has 1 aromatic carbocycles. The van der Waals surface area contributed by atoms with Gasteiger partial charge in [-0.2, -0.15) is 4.98 Å². The molecule has 0 amide bonds. The van der Waals surface area contributed by atoms with Gasteiger partial charge in [0, 0.05) is 12.2 Å². The Labute approximate surface area is 152 Å². The first-order chi connectivity index (χ1) is 12.6. The SMILES string of the molecule is Cc1cccc(Nc2nc(NC3CCCCC3O)nc3c2C(O)NC3)c1. The highest BCUT2D eigenvalue weighted by molar-refractivity contribution is 5.63. The van der Waals surface area contributed by atoms with Crippen LogP contribution < -0.4 is 16.0 Å². The van der Waals surface area contributed by atoms with Gasteiger partial charge in [0.2, 0.25) is 5.95 Å². The number of nitrogens with zero attached hydrogens (tertiary/aromatic N) is 2. The molecule has 3 unspecified atom stereocenters. The Hall–Kier alpha value is -2.22. The first kappa shape index (κ1) is 17.2. The first-order valence-electron chi connectivity index (χ1n) is 9.21. The van der Waals surface area contributed by atoms with Gasteiger partial charge in [0.1, 0.15) is 12.0 Å². The fourth-order valence-electron chi connectivity index (χ4n) is 3.70. The van der Waals surface area contributed by atoms with Crippen LogP contribution in [-0.2, 0) is 6.54 Å². The molecule has 4 rings (SSSR count). The van der Waals surface area contributed by atoms with Crippen molar-refractivity contribution in [1.29, 1.82) is 0 Å². The van der Waals surface area contributed by atoms with E-state index in [2.05, 4.69) is 25.9 Å². The zero-order chi connectivity index (χ0) is 18.1. The van der Waals surface area contributed by atoms with E-state index in [4.69, 9.17) is 0 Å². The fourth-order valence-corrected chi connectivity index (χ4v) is 3.70. The van der Waals surface area contributed by atoms with Crippen LogP contribution in [0.1, 0.15) is 48.7 Å². The number of benzene rings is 1. The number of aryl methyl sites for hydroxylation is 1. The monoisotopic (exact) mass is 355 g/mol. The largest absolute Gasteiger partial charge is 0.391 e. The molecule has 2 aromatic rings. The number of fused-ring (bicyclic) bond motifs is 1. The summed E-state index contributed by atoms with van der Waals surface area (Å²) in [6.07, 6.45) is 2.69. The van der Waals surface area contributed by atoms with Crippen LogP contribution in [-0.4, -0.2) is 32.3 Å². The summed E-state index contributed by atoms with van der Waals surface area (Å²) < 4.78 is 0. The van der Waals surface area contributed by atoms with Crippen molar-refractivity contribution in [2.45, 2.75) is 57.5 Å². The van der Waals surface area contributed by atoms with E-state index in [0.717, 1.165) is 42.6 Å². The predicted octanol–water partition coefficient (Wildman–Crippen LogP) is 2.34. The number of nitrogens with one attached hydrogen (secondary N) is 3. The number of rotatable bonds is 4. The lowest BCUT2D eigenvalue weighted by molar-refractivity contribution is 0.116. The number of anilines is 3. The van der Waals surface area contributed by atoms with E-state index in [1.807, 2.05) is 31.2 Å². The zero-order valence-corrected chi connectivity index (χ0v) is 14.9. The van der Waals surface area contributed by atoms with Crippen molar-refractivity contribution in [3.8, 4) is 0 Å². The lowest BCUT2D eigenvalue weighted by atomic mass is 9.93. The summed E-state index contributed by atoms with van der Waals surface area (Å²) in [4.78, 5) is 9.16. The minimum Gasteiger partial charge on any atom is -0.391 e. The molecule has 1 aliphatic carbocycles. The molecule has 3 atom stereocenters. The van der Waals surface area contributed by atoms with Crippen LogP contribution >= 0.6 is 0 Å². The zero-order valence-electron chi connectivity index (χ0n) is 14.9. The van der Waals surface area contributed by atoms with E-state index in [1.54, 1.807) is 0 Å². The molecule has 0 radical (unpaired) electrons. The molecule has 1 aliphatic heterocycles. The second-order valence-corrected chi connectivity index (χ2v) is 7.14. The van der Waals surface area contributed by atoms with Gasteiger partial charge in [-0.25, -0.2) is 4.98 Å². The van der Waals surface area contributed by atoms with Gasteiger partial charge in [0.15, 0.2) is 0 Å². The van der Waals surface area contributed by atoms with Gasteiger partial charge in [-0.15, -0.1) is 0 Å². The third kappa shape index (κ3) is 3.51. The molecule has 0 saturated heterocycles. The molecule has 5 N–H and O–H groups in total. The van der Waals surface area contributed by atoms with Crippen LogP contribution in [0.25, 0.3) is 0 Å². The van der Waals surface area contributed by atoms with Crippen molar-refractivity contribution < 1.29 is 10.2 Å². The summed E-state index contributed by atoms with van der Waals surface area (Å²) in [5.41, 5.74) is 3.51. The minimum atomic E-state index is -0.786. The Morgan fingerprint density at radius 3 is 2.81 bits per heavy atom. The summed E-state index contributed by atoms with van der Waals surface area (Å²) in [7, 11) is 0. The third-order valence-electron chi connectivity index (χ3n) is 5.09. The van der Waals surface area contributed by atoms with Gasteiger partial charge < -0.3 is 20.8 Å². The molecule has 2 heterocycles. The topological polar surface area (TPSA) is 102 Å². The standard InChI is InChI=1S/C19H25N5O2/c1-11-5-4-6-12(9-11)21-17-16-14(10-20-18(16)26)23-19(24-17)22-13-7-2-3-8-15(13)25/h4-6,9,13,15,18,20,25-26H,2-3,7-8,10H2,1H3,(H2,21,22,23,24). The van der Waals surface area contributed by atoms with Crippen molar-refractivity contribution >= 4 is 17.5 Å². The quantitative estimate of drug-likeness (QED) is 0.574. The highest BCUT2D eigenvalue weighted by atomic mass is 16.3. The molecular formula is C19H25N5O2. The predicted molar refractivity (Wildman–Crippen MR) is 100 cm³/mol. The third-order valence-corrected chi connectivity index (χ3v) is 5.09. The maximum Gasteiger partial charge on any atom is 0.225 e. The summed E-state index contributed by atoms with van der Waals surface area (Å²) in [6.45, 7) is 2.52. The molecule has 7 heteroatoms. The van der Waals surface area contributed by atoms with Gasteiger partial charge in [-0.05, 0) is 37.5 Å². The van der Waals surface area contributed by atoms with Gasteiger partial charge in [0.05, 0.1) is 23.4 Å². The smallest absolute Gasteiger partial charge is 0.225 e. The lowest BCUT2D eigenvalue weighted by Crippen LogP contribution is -2.37. The molecular weight excluding hydrogens is 330 g/mol. The van der Waals surface area contributed by atoms with Gasteiger partial charge in [0.25, 0.3) is 0 Å². The van der Waals surface area contributed by atoms with Crippen LogP contribution in [0.2, 0.25) is 0 Å². The molecule has 26 heavy (non-hydrogen) atoms. The Morgan fingerprint density at radius 2 is 2.00 bits per heavy atom. The summed E-state index contributed by atoms with van der Waals surface area (Å²) in [5.74, 6) is 1.08. The van der Waals surface area contributed by atoms with Crippen molar-refractivity contribution in [3.63, 3.8) is 0 Å². The Morgan fingerprint density at radius 1 is 1.15 bits per heavy atom. The average Bonchev–Trinajstić information content (AvgIpc) is 2.98. The first-order valence-corrected chi connectivity index (χ1v) is 9.21. The van der Waals surface area contributed by atoms with E-state index >= 15 is 0 Å². The summed E-state index contributed by atoms with van der Waals surface area (Å²) in [5, 5.41) is 30.1. The molecule has 1 saturated carbocycles. The van der Waals surface area contributed by atoms with Crippen LogP contribution in [0, 0.1) is 6.92 Å². The van der Waals surface area contributed by atoms with Crippen molar-refractivity contribution in [2.24, 2.45) is 0 Å². The number of aliphatic hydroxyl groups excluding tert-OH is 2. The average molecular weight is 355 g/mol. The maximum absolute atomic E-state index is 10.3. The molecule has 0 spiro atoms. The van der Waals surface area contributed by atoms with E-state index in [0.29, 0.717) is 23.9 Å².